The fourth-order valence-electron chi connectivity index (χ4n) is 5.40. The Balaban J connectivity index is 1.41. The SMILES string of the molecule is CCOC(=O)c1cnn(-c2cccc(C3=CC(C(=O)N4CCCCCC4)CCC3)c2)c1C1CC1. The molecule has 1 saturated heterocycles. The van der Waals surface area contributed by atoms with Gasteiger partial charge < -0.3 is 9.64 Å². The molecule has 3 aliphatic rings. The molecule has 34 heavy (non-hydrogen) atoms. The van der Waals surface area contributed by atoms with Crippen LogP contribution in [0.2, 0.25) is 0 Å². The highest BCUT2D eigenvalue weighted by Gasteiger charge is 2.33. The molecule has 1 aliphatic heterocycles. The molecule has 0 radical (unpaired) electrons. The van der Waals surface area contributed by atoms with Crippen LogP contribution >= 0.6 is 0 Å². The number of aromatic nitrogens is 2. The van der Waals surface area contributed by atoms with E-state index in [1.165, 1.54) is 18.4 Å². The molecule has 2 aliphatic carbocycles. The number of likely N-dealkylation sites (tertiary alicyclic amines) is 1. The lowest BCUT2D eigenvalue weighted by atomic mass is 9.86. The number of hydrogen-bond acceptors (Lipinski definition) is 4. The molecule has 0 spiro atoms. The second-order valence-corrected chi connectivity index (χ2v) is 9.83. The molecule has 0 N–H and O–H groups in total. The number of carbonyl (C=O) groups is 2. The first-order valence-corrected chi connectivity index (χ1v) is 13.0. The lowest BCUT2D eigenvalue weighted by Crippen LogP contribution is -2.36. The zero-order valence-electron chi connectivity index (χ0n) is 20.2. The molecule has 0 bridgehead atoms. The van der Waals surface area contributed by atoms with Crippen molar-refractivity contribution in [1.82, 2.24) is 14.7 Å². The number of rotatable bonds is 6. The number of ether oxygens (including phenoxy) is 1. The van der Waals surface area contributed by atoms with Gasteiger partial charge in [-0.25, -0.2) is 9.48 Å². The van der Waals surface area contributed by atoms with Crippen LogP contribution in [-0.2, 0) is 9.53 Å². The number of allylic oxidation sites excluding steroid dienone is 1. The third kappa shape index (κ3) is 4.82. The van der Waals surface area contributed by atoms with Crippen LogP contribution in [-0.4, -0.2) is 46.3 Å². The van der Waals surface area contributed by atoms with E-state index < -0.39 is 0 Å². The van der Waals surface area contributed by atoms with Gasteiger partial charge in [-0.1, -0.05) is 31.1 Å². The molecule has 1 amide bonds. The minimum atomic E-state index is -0.295. The van der Waals surface area contributed by atoms with Crippen molar-refractivity contribution in [3.8, 4) is 5.69 Å². The summed E-state index contributed by atoms with van der Waals surface area (Å²) in [5.41, 5.74) is 4.88. The van der Waals surface area contributed by atoms with E-state index in [1.54, 1.807) is 6.20 Å². The Labute approximate surface area is 202 Å². The Morgan fingerprint density at radius 2 is 1.85 bits per heavy atom. The quantitative estimate of drug-likeness (QED) is 0.532. The van der Waals surface area contributed by atoms with E-state index in [0.717, 1.165) is 75.0 Å². The molecule has 180 valence electrons. The van der Waals surface area contributed by atoms with E-state index in [2.05, 4.69) is 28.2 Å². The maximum atomic E-state index is 13.2. The zero-order valence-corrected chi connectivity index (χ0v) is 20.2. The summed E-state index contributed by atoms with van der Waals surface area (Å²) in [5, 5.41) is 4.59. The van der Waals surface area contributed by atoms with Crippen LogP contribution in [0.4, 0.5) is 0 Å². The third-order valence-corrected chi connectivity index (χ3v) is 7.33. The summed E-state index contributed by atoms with van der Waals surface area (Å²) < 4.78 is 7.18. The van der Waals surface area contributed by atoms with Gasteiger partial charge in [-0.3, -0.25) is 4.79 Å². The molecule has 1 saturated carbocycles. The molecule has 1 unspecified atom stereocenters. The molecule has 2 heterocycles. The zero-order chi connectivity index (χ0) is 23.5. The number of benzene rings is 1. The van der Waals surface area contributed by atoms with Gasteiger partial charge >= 0.3 is 5.97 Å². The van der Waals surface area contributed by atoms with Crippen molar-refractivity contribution < 1.29 is 14.3 Å². The van der Waals surface area contributed by atoms with Crippen molar-refractivity contribution in [2.45, 2.75) is 70.6 Å². The number of nitrogens with zero attached hydrogens (tertiary/aromatic N) is 3. The predicted octanol–water partition coefficient (Wildman–Crippen LogP) is 5.51. The van der Waals surface area contributed by atoms with Gasteiger partial charge in [-0.05, 0) is 75.1 Å². The van der Waals surface area contributed by atoms with Crippen LogP contribution < -0.4 is 0 Å². The van der Waals surface area contributed by atoms with Crippen LogP contribution in [0.3, 0.4) is 0 Å². The summed E-state index contributed by atoms with van der Waals surface area (Å²) in [6, 6.07) is 8.37. The molecule has 2 fully saturated rings. The number of esters is 1. The Bertz CT molecular complexity index is 1070. The number of amides is 1. The molecule has 1 aromatic heterocycles. The highest BCUT2D eigenvalue weighted by Crippen LogP contribution is 2.43. The Kier molecular flexibility index (Phi) is 6.84. The van der Waals surface area contributed by atoms with Gasteiger partial charge in [0.1, 0.15) is 5.56 Å². The summed E-state index contributed by atoms with van der Waals surface area (Å²) in [5.74, 6) is 0.344. The fourth-order valence-corrected chi connectivity index (χ4v) is 5.40. The third-order valence-electron chi connectivity index (χ3n) is 7.33. The minimum Gasteiger partial charge on any atom is -0.462 e. The van der Waals surface area contributed by atoms with Crippen molar-refractivity contribution in [1.29, 1.82) is 0 Å². The Morgan fingerprint density at radius 3 is 2.59 bits per heavy atom. The molecule has 1 atom stereocenters. The Morgan fingerprint density at radius 1 is 1.06 bits per heavy atom. The standard InChI is InChI=1S/C28H35N3O3/c1-2-34-28(33)25-19-29-31(26(25)20-13-14-20)24-12-8-10-22(18-24)21-9-7-11-23(17-21)27(32)30-15-5-3-4-6-16-30/h8,10,12,17-20,23H,2-7,9,11,13-16H2,1H3. The van der Waals surface area contributed by atoms with E-state index in [1.807, 2.05) is 23.7 Å². The van der Waals surface area contributed by atoms with Gasteiger partial charge in [0, 0.05) is 19.0 Å². The lowest BCUT2D eigenvalue weighted by Gasteiger charge is -2.27. The summed E-state index contributed by atoms with van der Waals surface area (Å²) in [6.45, 7) is 3.99. The largest absolute Gasteiger partial charge is 0.462 e. The van der Waals surface area contributed by atoms with Crippen LogP contribution in [0.5, 0.6) is 0 Å². The van der Waals surface area contributed by atoms with Crippen molar-refractivity contribution in [2.75, 3.05) is 19.7 Å². The average Bonchev–Trinajstić information content (AvgIpc) is 3.67. The summed E-state index contributed by atoms with van der Waals surface area (Å²) >= 11 is 0. The van der Waals surface area contributed by atoms with Crippen molar-refractivity contribution in [3.05, 3.63) is 53.4 Å². The van der Waals surface area contributed by atoms with Gasteiger partial charge in [-0.15, -0.1) is 0 Å². The van der Waals surface area contributed by atoms with Gasteiger partial charge in [0.2, 0.25) is 5.91 Å². The number of carbonyl (C=O) groups excluding carboxylic acids is 2. The van der Waals surface area contributed by atoms with Crippen molar-refractivity contribution in [2.24, 2.45) is 5.92 Å². The van der Waals surface area contributed by atoms with Crippen LogP contribution in [0.15, 0.2) is 36.5 Å². The topological polar surface area (TPSA) is 64.4 Å². The summed E-state index contributed by atoms with van der Waals surface area (Å²) in [4.78, 5) is 27.8. The lowest BCUT2D eigenvalue weighted by molar-refractivity contribution is -0.134. The van der Waals surface area contributed by atoms with Crippen LogP contribution in [0.25, 0.3) is 11.3 Å². The van der Waals surface area contributed by atoms with Gasteiger partial charge in [-0.2, -0.15) is 5.10 Å². The van der Waals surface area contributed by atoms with E-state index in [4.69, 9.17) is 4.74 Å². The van der Waals surface area contributed by atoms with E-state index in [9.17, 15) is 9.59 Å². The van der Waals surface area contributed by atoms with Gasteiger partial charge in [0.15, 0.2) is 0 Å². The van der Waals surface area contributed by atoms with E-state index >= 15 is 0 Å². The molecular weight excluding hydrogens is 426 g/mol. The maximum Gasteiger partial charge on any atom is 0.341 e. The normalized spacial score (nSPS) is 21.0. The Hall–Kier alpha value is -2.89. The minimum absolute atomic E-state index is 0.0207. The van der Waals surface area contributed by atoms with Gasteiger partial charge in [0.05, 0.1) is 30.1 Å². The molecule has 6 nitrogen and oxygen atoms in total. The number of hydrogen-bond donors (Lipinski definition) is 0. The predicted molar refractivity (Wildman–Crippen MR) is 132 cm³/mol. The monoisotopic (exact) mass is 461 g/mol. The van der Waals surface area contributed by atoms with Crippen molar-refractivity contribution >= 4 is 17.4 Å². The van der Waals surface area contributed by atoms with E-state index in [0.29, 0.717) is 24.0 Å². The van der Waals surface area contributed by atoms with Crippen LogP contribution in [0.1, 0.15) is 92.2 Å². The summed E-state index contributed by atoms with van der Waals surface area (Å²) in [7, 11) is 0. The van der Waals surface area contributed by atoms with Crippen LogP contribution in [0, 0.1) is 5.92 Å². The molecule has 1 aromatic carbocycles. The summed E-state index contributed by atoms with van der Waals surface area (Å²) in [6.07, 6.45) is 13.7. The maximum absolute atomic E-state index is 13.2. The highest BCUT2D eigenvalue weighted by atomic mass is 16.5. The van der Waals surface area contributed by atoms with Gasteiger partial charge in [0.25, 0.3) is 0 Å². The highest BCUT2D eigenvalue weighted by molar-refractivity contribution is 5.91. The first-order chi connectivity index (χ1) is 16.7. The van der Waals surface area contributed by atoms with Crippen molar-refractivity contribution in [3.63, 3.8) is 0 Å². The molecule has 2 aromatic rings. The second kappa shape index (κ2) is 10.2. The average molecular weight is 462 g/mol. The smallest absolute Gasteiger partial charge is 0.341 e. The molecule has 6 heteroatoms. The fraction of sp³-hybridized carbons (Fsp3) is 0.536. The van der Waals surface area contributed by atoms with E-state index in [-0.39, 0.29) is 11.9 Å². The first-order valence-electron chi connectivity index (χ1n) is 13.0. The molecule has 5 rings (SSSR count). The first kappa shape index (κ1) is 22.9. The molecular formula is C28H35N3O3. The second-order valence-electron chi connectivity index (χ2n) is 9.83.